The van der Waals surface area contributed by atoms with Crippen molar-refractivity contribution in [3.8, 4) is 0 Å². The van der Waals surface area contributed by atoms with Gasteiger partial charge in [0.25, 0.3) is 11.7 Å². The second-order valence-corrected chi connectivity index (χ2v) is 5.93. The van der Waals surface area contributed by atoms with Crippen molar-refractivity contribution >= 4 is 40.7 Å². The lowest BCUT2D eigenvalue weighted by molar-refractivity contribution is -0.133. The predicted molar refractivity (Wildman–Crippen MR) is 88.3 cm³/mol. The molecule has 2 aromatic rings. The third-order valence-electron chi connectivity index (χ3n) is 3.59. The van der Waals surface area contributed by atoms with Gasteiger partial charge in [0, 0.05) is 15.6 Å². The van der Waals surface area contributed by atoms with E-state index in [9.17, 15) is 14.7 Å². The maximum atomic E-state index is 12.2. The Kier molecular flexibility index (Phi) is 4.11. The van der Waals surface area contributed by atoms with Crippen LogP contribution < -0.4 is 5.32 Å². The topological polar surface area (TPSA) is 66.4 Å². The molecule has 2 aromatic carbocycles. The molecular weight excluding hydrogens is 337 g/mol. The summed E-state index contributed by atoms with van der Waals surface area (Å²) in [5, 5.41) is 14.1. The number of aliphatic hydroxyl groups is 1. The number of benzene rings is 2. The van der Waals surface area contributed by atoms with Gasteiger partial charge in [-0.05, 0) is 42.0 Å². The van der Waals surface area contributed by atoms with Gasteiger partial charge in [-0.15, -0.1) is 0 Å². The van der Waals surface area contributed by atoms with E-state index in [-0.39, 0.29) is 11.3 Å². The van der Waals surface area contributed by atoms with Crippen molar-refractivity contribution in [3.63, 3.8) is 0 Å². The molecule has 0 unspecified atom stereocenters. The summed E-state index contributed by atoms with van der Waals surface area (Å²) < 4.78 is 0. The Balaban J connectivity index is 2.10. The molecule has 0 bridgehead atoms. The molecule has 0 saturated carbocycles. The molecule has 1 aliphatic rings. The molecule has 1 fully saturated rings. The Morgan fingerprint density at radius 3 is 2.00 bits per heavy atom. The van der Waals surface area contributed by atoms with Gasteiger partial charge < -0.3 is 10.4 Å². The standard InChI is InChI=1S/C17H11Cl2NO3/c18-11-5-1-9(2-6-11)14-13(16(22)17(23)20-14)15(21)10-3-7-12(19)8-4-10/h1-8,14,21H,(H,20,23)/t14-/m0/s1. The first-order valence-electron chi connectivity index (χ1n) is 6.77. The van der Waals surface area contributed by atoms with Gasteiger partial charge in [-0.2, -0.15) is 0 Å². The molecule has 3 rings (SSSR count). The Morgan fingerprint density at radius 2 is 1.43 bits per heavy atom. The second-order valence-electron chi connectivity index (χ2n) is 5.06. The number of hydrogen-bond donors (Lipinski definition) is 2. The van der Waals surface area contributed by atoms with Crippen LogP contribution in [-0.4, -0.2) is 16.8 Å². The van der Waals surface area contributed by atoms with Gasteiger partial charge in [-0.3, -0.25) is 9.59 Å². The van der Waals surface area contributed by atoms with Gasteiger partial charge in [0.15, 0.2) is 0 Å². The number of hydrogen-bond acceptors (Lipinski definition) is 3. The largest absolute Gasteiger partial charge is 0.507 e. The van der Waals surface area contributed by atoms with Crippen molar-refractivity contribution in [1.29, 1.82) is 0 Å². The maximum absolute atomic E-state index is 12.2. The van der Waals surface area contributed by atoms with E-state index in [4.69, 9.17) is 23.2 Å². The van der Waals surface area contributed by atoms with Crippen LogP contribution >= 0.6 is 23.2 Å². The number of nitrogens with one attached hydrogen (secondary N) is 1. The Morgan fingerprint density at radius 1 is 0.913 bits per heavy atom. The van der Waals surface area contributed by atoms with Crippen LogP contribution in [0.1, 0.15) is 17.2 Å². The van der Waals surface area contributed by atoms with E-state index in [0.717, 1.165) is 0 Å². The second kappa shape index (κ2) is 6.07. The highest BCUT2D eigenvalue weighted by atomic mass is 35.5. The number of ketones is 1. The Hall–Kier alpha value is -2.30. The molecule has 4 nitrogen and oxygen atoms in total. The highest BCUT2D eigenvalue weighted by Crippen LogP contribution is 2.33. The van der Waals surface area contributed by atoms with Crippen molar-refractivity contribution in [1.82, 2.24) is 5.32 Å². The molecule has 116 valence electrons. The van der Waals surface area contributed by atoms with Gasteiger partial charge in [0.1, 0.15) is 5.76 Å². The summed E-state index contributed by atoms with van der Waals surface area (Å²) in [5.74, 6) is -1.75. The van der Waals surface area contributed by atoms with Crippen LogP contribution in [0.5, 0.6) is 0 Å². The molecule has 1 heterocycles. The van der Waals surface area contributed by atoms with E-state index < -0.39 is 17.7 Å². The van der Waals surface area contributed by atoms with E-state index >= 15 is 0 Å². The van der Waals surface area contributed by atoms with Crippen LogP contribution in [0.4, 0.5) is 0 Å². The van der Waals surface area contributed by atoms with E-state index in [1.807, 2.05) is 0 Å². The molecule has 0 radical (unpaired) electrons. The molecule has 23 heavy (non-hydrogen) atoms. The lowest BCUT2D eigenvalue weighted by Crippen LogP contribution is -2.21. The monoisotopic (exact) mass is 347 g/mol. The predicted octanol–water partition coefficient (Wildman–Crippen LogP) is 3.70. The maximum Gasteiger partial charge on any atom is 0.293 e. The fourth-order valence-corrected chi connectivity index (χ4v) is 2.69. The number of aliphatic hydroxyl groups excluding tert-OH is 1. The van der Waals surface area contributed by atoms with E-state index in [1.165, 1.54) is 0 Å². The van der Waals surface area contributed by atoms with E-state index in [2.05, 4.69) is 5.32 Å². The van der Waals surface area contributed by atoms with Crippen molar-refractivity contribution in [2.45, 2.75) is 6.04 Å². The first kappa shape index (κ1) is 15.6. The van der Waals surface area contributed by atoms with Gasteiger partial charge in [0.2, 0.25) is 0 Å². The van der Waals surface area contributed by atoms with Gasteiger partial charge in [-0.1, -0.05) is 35.3 Å². The minimum absolute atomic E-state index is 0.0136. The number of halogens is 2. The van der Waals surface area contributed by atoms with Crippen LogP contribution in [0, 0.1) is 0 Å². The SMILES string of the molecule is O=C1N[C@@H](c2ccc(Cl)cc2)C(=C(O)c2ccc(Cl)cc2)C1=O. The van der Waals surface area contributed by atoms with Crippen LogP contribution in [0.2, 0.25) is 10.0 Å². The molecule has 0 aromatic heterocycles. The van der Waals surface area contributed by atoms with Gasteiger partial charge in [0.05, 0.1) is 11.6 Å². The molecule has 1 aliphatic heterocycles. The smallest absolute Gasteiger partial charge is 0.293 e. The molecule has 0 aliphatic carbocycles. The minimum atomic E-state index is -0.752. The molecule has 2 N–H and O–H groups in total. The third-order valence-corrected chi connectivity index (χ3v) is 4.10. The zero-order valence-electron chi connectivity index (χ0n) is 11.7. The van der Waals surface area contributed by atoms with Crippen molar-refractivity contribution < 1.29 is 14.7 Å². The van der Waals surface area contributed by atoms with E-state index in [0.29, 0.717) is 21.2 Å². The molecule has 1 atom stereocenters. The van der Waals surface area contributed by atoms with E-state index in [1.54, 1.807) is 48.5 Å². The summed E-state index contributed by atoms with van der Waals surface area (Å²) >= 11 is 11.7. The molecule has 1 saturated heterocycles. The van der Waals surface area contributed by atoms with Crippen molar-refractivity contribution in [2.24, 2.45) is 0 Å². The quantitative estimate of drug-likeness (QED) is 0.494. The fourth-order valence-electron chi connectivity index (χ4n) is 2.43. The Labute approximate surface area is 142 Å². The normalized spacial score (nSPS) is 19.7. The first-order chi connectivity index (χ1) is 11.0. The minimum Gasteiger partial charge on any atom is -0.507 e. The fraction of sp³-hybridized carbons (Fsp3) is 0.0588. The number of Topliss-reactive ketones (excluding diaryl/α,β-unsaturated/α-hetero) is 1. The average molecular weight is 348 g/mol. The lowest BCUT2D eigenvalue weighted by Gasteiger charge is -2.13. The molecule has 1 amide bonds. The third kappa shape index (κ3) is 2.96. The highest BCUT2D eigenvalue weighted by Gasteiger charge is 2.39. The molecule has 6 heteroatoms. The molecular formula is C17H11Cl2NO3. The summed E-state index contributed by atoms with van der Waals surface area (Å²) in [7, 11) is 0. The summed E-state index contributed by atoms with van der Waals surface area (Å²) in [6.07, 6.45) is 0. The summed E-state index contributed by atoms with van der Waals surface area (Å²) in [6.45, 7) is 0. The van der Waals surface area contributed by atoms with Gasteiger partial charge >= 0.3 is 0 Å². The van der Waals surface area contributed by atoms with Crippen molar-refractivity contribution in [3.05, 3.63) is 75.3 Å². The lowest BCUT2D eigenvalue weighted by atomic mass is 9.96. The van der Waals surface area contributed by atoms with Crippen molar-refractivity contribution in [2.75, 3.05) is 0 Å². The van der Waals surface area contributed by atoms with Crippen LogP contribution in [-0.2, 0) is 9.59 Å². The van der Waals surface area contributed by atoms with Gasteiger partial charge in [-0.25, -0.2) is 0 Å². The van der Waals surface area contributed by atoms with Crippen LogP contribution in [0.15, 0.2) is 54.1 Å². The summed E-state index contributed by atoms with van der Waals surface area (Å²) in [5.41, 5.74) is 1.08. The highest BCUT2D eigenvalue weighted by molar-refractivity contribution is 6.46. The summed E-state index contributed by atoms with van der Waals surface area (Å²) in [4.78, 5) is 23.9. The zero-order chi connectivity index (χ0) is 16.6. The number of carbonyl (C=O) groups excluding carboxylic acids is 2. The summed E-state index contributed by atoms with van der Waals surface area (Å²) in [6, 6.07) is 12.3. The number of rotatable bonds is 2. The number of amides is 1. The zero-order valence-corrected chi connectivity index (χ0v) is 13.2. The Bertz CT molecular complexity index is 811. The van der Waals surface area contributed by atoms with Crippen LogP contribution in [0.3, 0.4) is 0 Å². The average Bonchev–Trinajstić information content (AvgIpc) is 2.84. The number of carbonyl (C=O) groups is 2. The molecule has 0 spiro atoms. The van der Waals surface area contributed by atoms with Crippen LogP contribution in [0.25, 0.3) is 5.76 Å². The first-order valence-corrected chi connectivity index (χ1v) is 7.52.